The van der Waals surface area contributed by atoms with E-state index in [1.54, 1.807) is 19.1 Å². The van der Waals surface area contributed by atoms with E-state index in [9.17, 15) is 9.18 Å². The molecular weight excluding hydrogens is 235 g/mol. The minimum Gasteiger partial charge on any atom is -0.494 e. The number of rotatable bonds is 6. The molecular formula is C13H19FN2O2. The summed E-state index contributed by atoms with van der Waals surface area (Å²) in [5.41, 5.74) is 6.05. The van der Waals surface area contributed by atoms with Crippen molar-refractivity contribution in [3.05, 3.63) is 29.6 Å². The summed E-state index contributed by atoms with van der Waals surface area (Å²) in [7, 11) is 1.42. The van der Waals surface area contributed by atoms with Crippen molar-refractivity contribution in [1.29, 1.82) is 0 Å². The zero-order valence-electron chi connectivity index (χ0n) is 10.9. The van der Waals surface area contributed by atoms with Crippen molar-refractivity contribution in [1.82, 2.24) is 4.90 Å². The lowest BCUT2D eigenvalue weighted by molar-refractivity contribution is -0.122. The Morgan fingerprint density at radius 2 is 2.22 bits per heavy atom. The summed E-state index contributed by atoms with van der Waals surface area (Å²) < 4.78 is 18.4. The molecule has 1 aromatic carbocycles. The van der Waals surface area contributed by atoms with Gasteiger partial charge in [0.15, 0.2) is 11.6 Å². The highest BCUT2D eigenvalue weighted by Gasteiger charge is 2.17. The summed E-state index contributed by atoms with van der Waals surface area (Å²) in [5.74, 6) is -0.576. The van der Waals surface area contributed by atoms with Crippen LogP contribution >= 0.6 is 0 Å². The molecule has 0 radical (unpaired) electrons. The quantitative estimate of drug-likeness (QED) is 0.837. The number of hydrogen-bond acceptors (Lipinski definition) is 3. The number of benzene rings is 1. The Morgan fingerprint density at radius 1 is 1.56 bits per heavy atom. The molecule has 1 amide bonds. The Balaban J connectivity index is 2.82. The molecule has 0 saturated heterocycles. The molecule has 0 aliphatic carbocycles. The van der Waals surface area contributed by atoms with Gasteiger partial charge < -0.3 is 10.5 Å². The molecule has 100 valence electrons. The van der Waals surface area contributed by atoms with Crippen LogP contribution in [0.4, 0.5) is 4.39 Å². The molecule has 1 atom stereocenters. The fourth-order valence-electron chi connectivity index (χ4n) is 1.75. The molecule has 1 rings (SSSR count). The average molecular weight is 254 g/mol. The standard InChI is InChI=1S/C13H19FN2O2/c1-4-16(9(2)13(15)17)8-10-5-6-12(18-3)11(14)7-10/h5-7,9H,4,8H2,1-3H3,(H2,15,17). The van der Waals surface area contributed by atoms with Gasteiger partial charge in [0.1, 0.15) is 0 Å². The fraction of sp³-hybridized carbons (Fsp3) is 0.462. The van der Waals surface area contributed by atoms with E-state index in [4.69, 9.17) is 10.5 Å². The zero-order valence-corrected chi connectivity index (χ0v) is 10.9. The second-order valence-electron chi connectivity index (χ2n) is 4.11. The summed E-state index contributed by atoms with van der Waals surface area (Å²) >= 11 is 0. The first-order valence-corrected chi connectivity index (χ1v) is 5.85. The maximum Gasteiger partial charge on any atom is 0.234 e. The van der Waals surface area contributed by atoms with Crippen LogP contribution in [-0.2, 0) is 11.3 Å². The number of carbonyl (C=O) groups is 1. The number of hydrogen-bond donors (Lipinski definition) is 1. The Kier molecular flexibility index (Phi) is 5.09. The minimum absolute atomic E-state index is 0.213. The van der Waals surface area contributed by atoms with Gasteiger partial charge in [0, 0.05) is 6.54 Å². The molecule has 2 N–H and O–H groups in total. The Bertz CT molecular complexity index is 423. The van der Waals surface area contributed by atoms with Crippen LogP contribution in [0.2, 0.25) is 0 Å². The van der Waals surface area contributed by atoms with Gasteiger partial charge in [-0.3, -0.25) is 9.69 Å². The van der Waals surface area contributed by atoms with Crippen molar-refractivity contribution >= 4 is 5.91 Å². The molecule has 1 aromatic rings. The number of methoxy groups -OCH3 is 1. The Labute approximate surface area is 107 Å². The molecule has 0 spiro atoms. The van der Waals surface area contributed by atoms with Crippen LogP contribution < -0.4 is 10.5 Å². The van der Waals surface area contributed by atoms with Crippen molar-refractivity contribution in [2.24, 2.45) is 5.73 Å². The van der Waals surface area contributed by atoms with Crippen LogP contribution in [0.1, 0.15) is 19.4 Å². The summed E-state index contributed by atoms with van der Waals surface area (Å²) in [6.07, 6.45) is 0. The van der Waals surface area contributed by atoms with Crippen LogP contribution in [0.25, 0.3) is 0 Å². The molecule has 18 heavy (non-hydrogen) atoms. The van der Waals surface area contributed by atoms with Crippen molar-refractivity contribution in [3.8, 4) is 5.75 Å². The second kappa shape index (κ2) is 6.35. The first-order valence-electron chi connectivity index (χ1n) is 5.85. The average Bonchev–Trinajstić information content (AvgIpc) is 2.35. The highest BCUT2D eigenvalue weighted by Crippen LogP contribution is 2.19. The fourth-order valence-corrected chi connectivity index (χ4v) is 1.75. The van der Waals surface area contributed by atoms with Crippen molar-refractivity contribution < 1.29 is 13.9 Å². The zero-order chi connectivity index (χ0) is 13.7. The van der Waals surface area contributed by atoms with Gasteiger partial charge in [-0.15, -0.1) is 0 Å². The third-order valence-corrected chi connectivity index (χ3v) is 2.97. The van der Waals surface area contributed by atoms with Gasteiger partial charge >= 0.3 is 0 Å². The molecule has 4 nitrogen and oxygen atoms in total. The van der Waals surface area contributed by atoms with E-state index in [1.165, 1.54) is 13.2 Å². The third kappa shape index (κ3) is 3.43. The van der Waals surface area contributed by atoms with Crippen molar-refractivity contribution in [3.63, 3.8) is 0 Å². The van der Waals surface area contributed by atoms with Gasteiger partial charge in [0.05, 0.1) is 13.2 Å². The largest absolute Gasteiger partial charge is 0.494 e. The number of carbonyl (C=O) groups excluding carboxylic acids is 1. The topological polar surface area (TPSA) is 55.6 Å². The summed E-state index contributed by atoms with van der Waals surface area (Å²) in [6, 6.07) is 4.39. The number of halogens is 1. The number of nitrogens with zero attached hydrogens (tertiary/aromatic N) is 1. The summed E-state index contributed by atoms with van der Waals surface area (Å²) in [4.78, 5) is 13.0. The van der Waals surface area contributed by atoms with E-state index in [1.807, 2.05) is 11.8 Å². The molecule has 0 heterocycles. The predicted octanol–water partition coefficient (Wildman–Crippen LogP) is 1.53. The number of ether oxygens (including phenoxy) is 1. The molecule has 0 aromatic heterocycles. The molecule has 0 bridgehead atoms. The van der Waals surface area contributed by atoms with Crippen LogP contribution in [0, 0.1) is 5.82 Å². The lowest BCUT2D eigenvalue weighted by Crippen LogP contribution is -2.42. The van der Waals surface area contributed by atoms with Gasteiger partial charge in [0.2, 0.25) is 5.91 Å². The molecule has 5 heteroatoms. The van der Waals surface area contributed by atoms with Gasteiger partial charge in [-0.25, -0.2) is 4.39 Å². The van der Waals surface area contributed by atoms with Crippen LogP contribution in [0.5, 0.6) is 5.75 Å². The lowest BCUT2D eigenvalue weighted by Gasteiger charge is -2.25. The van der Waals surface area contributed by atoms with Gasteiger partial charge in [-0.2, -0.15) is 0 Å². The van der Waals surface area contributed by atoms with Gasteiger partial charge in [-0.1, -0.05) is 13.0 Å². The lowest BCUT2D eigenvalue weighted by atomic mass is 10.1. The Morgan fingerprint density at radius 3 is 2.67 bits per heavy atom. The second-order valence-corrected chi connectivity index (χ2v) is 4.11. The van der Waals surface area contributed by atoms with E-state index < -0.39 is 5.82 Å². The molecule has 0 aliphatic rings. The van der Waals surface area contributed by atoms with E-state index in [0.29, 0.717) is 13.1 Å². The van der Waals surface area contributed by atoms with Gasteiger partial charge in [-0.05, 0) is 31.2 Å². The normalized spacial score (nSPS) is 12.5. The summed E-state index contributed by atoms with van der Waals surface area (Å²) in [5, 5.41) is 0. The maximum atomic E-state index is 13.5. The van der Waals surface area contributed by atoms with E-state index in [-0.39, 0.29) is 17.7 Å². The minimum atomic E-state index is -0.405. The van der Waals surface area contributed by atoms with Crippen LogP contribution in [0.3, 0.4) is 0 Å². The highest BCUT2D eigenvalue weighted by atomic mass is 19.1. The monoisotopic (exact) mass is 254 g/mol. The third-order valence-electron chi connectivity index (χ3n) is 2.97. The van der Waals surface area contributed by atoms with Gasteiger partial charge in [0.25, 0.3) is 0 Å². The number of amides is 1. The number of primary amides is 1. The number of likely N-dealkylation sites (N-methyl/N-ethyl adjacent to an activating group) is 1. The Hall–Kier alpha value is -1.62. The first-order chi connectivity index (χ1) is 8.49. The molecule has 0 saturated carbocycles. The molecule has 0 aliphatic heterocycles. The smallest absolute Gasteiger partial charge is 0.234 e. The SMILES string of the molecule is CCN(Cc1ccc(OC)c(F)c1)C(C)C(N)=O. The molecule has 0 fully saturated rings. The van der Waals surface area contributed by atoms with E-state index in [2.05, 4.69) is 0 Å². The summed E-state index contributed by atoms with van der Waals surface area (Å²) in [6.45, 7) is 4.81. The predicted molar refractivity (Wildman–Crippen MR) is 67.7 cm³/mol. The highest BCUT2D eigenvalue weighted by molar-refractivity contribution is 5.79. The van der Waals surface area contributed by atoms with E-state index >= 15 is 0 Å². The first kappa shape index (κ1) is 14.4. The van der Waals surface area contributed by atoms with Crippen molar-refractivity contribution in [2.75, 3.05) is 13.7 Å². The molecule has 1 unspecified atom stereocenters. The number of nitrogens with two attached hydrogens (primary N) is 1. The van der Waals surface area contributed by atoms with Crippen molar-refractivity contribution in [2.45, 2.75) is 26.4 Å². The van der Waals surface area contributed by atoms with E-state index in [0.717, 1.165) is 5.56 Å². The maximum absolute atomic E-state index is 13.5. The van der Waals surface area contributed by atoms with Crippen LogP contribution in [0.15, 0.2) is 18.2 Å². The van der Waals surface area contributed by atoms with Crippen LogP contribution in [-0.4, -0.2) is 30.5 Å².